The third-order valence-corrected chi connectivity index (χ3v) is 6.85. The van der Waals surface area contributed by atoms with Crippen molar-refractivity contribution < 1.29 is 14.4 Å². The topological polar surface area (TPSA) is 105 Å². The lowest BCUT2D eigenvalue weighted by Gasteiger charge is -2.38. The lowest BCUT2D eigenvalue weighted by molar-refractivity contribution is -0.118. The summed E-state index contributed by atoms with van der Waals surface area (Å²) in [6, 6.07) is 19.6. The molecule has 1 aliphatic heterocycles. The predicted octanol–water partition coefficient (Wildman–Crippen LogP) is 5.00. The smallest absolute Gasteiger partial charge is 0.259 e. The normalized spacial score (nSPS) is 15.2. The van der Waals surface area contributed by atoms with Crippen LogP contribution in [0.5, 0.6) is 0 Å². The highest BCUT2D eigenvalue weighted by atomic mass is 16.2. The number of anilines is 2. The number of rotatable bonds is 6. The molecule has 1 heterocycles. The van der Waals surface area contributed by atoms with E-state index < -0.39 is 6.04 Å². The maximum Gasteiger partial charge on any atom is 0.259 e. The van der Waals surface area contributed by atoms with Crippen LogP contribution in [0, 0.1) is 5.92 Å². The van der Waals surface area contributed by atoms with Gasteiger partial charge in [0, 0.05) is 24.2 Å². The number of nitrogens with zero attached hydrogens (tertiary/aromatic N) is 1. The molecule has 1 atom stereocenters. The molecular formula is C31H36N4O3. The highest BCUT2D eigenvalue weighted by Crippen LogP contribution is 2.36. The molecule has 198 valence electrons. The average Bonchev–Trinajstić information content (AvgIpc) is 2.89. The van der Waals surface area contributed by atoms with E-state index in [1.54, 1.807) is 23.1 Å². The van der Waals surface area contributed by atoms with Gasteiger partial charge < -0.3 is 16.4 Å². The van der Waals surface area contributed by atoms with Gasteiger partial charge in [-0.05, 0) is 58.4 Å². The molecule has 0 aromatic heterocycles. The lowest BCUT2D eigenvalue weighted by Crippen LogP contribution is -2.53. The van der Waals surface area contributed by atoms with Crippen molar-refractivity contribution in [2.45, 2.75) is 59.2 Å². The van der Waals surface area contributed by atoms with Gasteiger partial charge >= 0.3 is 0 Å². The van der Waals surface area contributed by atoms with E-state index in [1.165, 1.54) is 0 Å². The monoisotopic (exact) mass is 512 g/mol. The number of benzene rings is 3. The fraction of sp³-hybridized carbons (Fsp3) is 0.323. The van der Waals surface area contributed by atoms with Crippen molar-refractivity contribution in [3.05, 3.63) is 94.5 Å². The molecule has 0 bridgehead atoms. The minimum Gasteiger partial charge on any atom is -0.348 e. The highest BCUT2D eigenvalue weighted by molar-refractivity contribution is 6.17. The average molecular weight is 513 g/mol. The molecule has 7 heteroatoms. The van der Waals surface area contributed by atoms with Crippen LogP contribution in [-0.2, 0) is 23.3 Å². The van der Waals surface area contributed by atoms with E-state index in [2.05, 4.69) is 31.4 Å². The summed E-state index contributed by atoms with van der Waals surface area (Å²) in [7, 11) is 0. The quantitative estimate of drug-likeness (QED) is 0.432. The molecule has 1 unspecified atom stereocenters. The molecule has 4 rings (SSSR count). The Morgan fingerprint density at radius 1 is 0.974 bits per heavy atom. The third-order valence-electron chi connectivity index (χ3n) is 6.85. The van der Waals surface area contributed by atoms with Crippen molar-refractivity contribution >= 4 is 29.1 Å². The van der Waals surface area contributed by atoms with Gasteiger partial charge in [0.05, 0.1) is 11.4 Å². The molecule has 38 heavy (non-hydrogen) atoms. The van der Waals surface area contributed by atoms with Crippen LogP contribution in [0.4, 0.5) is 11.4 Å². The number of nitrogens with two attached hydrogens (primary N) is 1. The van der Waals surface area contributed by atoms with Crippen LogP contribution in [0.15, 0.2) is 66.7 Å². The Bertz CT molecular complexity index is 1360. The molecule has 0 radical (unpaired) electrons. The third kappa shape index (κ3) is 5.63. The van der Waals surface area contributed by atoms with E-state index in [0.29, 0.717) is 35.6 Å². The van der Waals surface area contributed by atoms with Gasteiger partial charge in [0.1, 0.15) is 6.04 Å². The second-order valence-corrected chi connectivity index (χ2v) is 11.1. The largest absolute Gasteiger partial charge is 0.348 e. The van der Waals surface area contributed by atoms with Crippen LogP contribution in [0.25, 0.3) is 0 Å². The molecule has 0 fully saturated rings. The number of fused-ring (bicyclic) bond motifs is 1. The first kappa shape index (κ1) is 27.1. The maximum atomic E-state index is 13.8. The van der Waals surface area contributed by atoms with Crippen LogP contribution in [0.1, 0.15) is 72.0 Å². The van der Waals surface area contributed by atoms with Crippen molar-refractivity contribution in [2.24, 2.45) is 11.7 Å². The second kappa shape index (κ2) is 10.8. The van der Waals surface area contributed by atoms with Crippen molar-refractivity contribution in [3.63, 3.8) is 0 Å². The Kier molecular flexibility index (Phi) is 7.69. The molecule has 0 spiro atoms. The zero-order valence-corrected chi connectivity index (χ0v) is 22.7. The predicted molar refractivity (Wildman–Crippen MR) is 151 cm³/mol. The molecule has 3 aromatic rings. The van der Waals surface area contributed by atoms with Crippen LogP contribution < -0.4 is 21.3 Å². The molecule has 1 aliphatic rings. The first-order chi connectivity index (χ1) is 18.0. The number of carbonyl (C=O) groups excluding carboxylic acids is 3. The Labute approximate surface area is 224 Å². The summed E-state index contributed by atoms with van der Waals surface area (Å²) < 4.78 is 0. The fourth-order valence-electron chi connectivity index (χ4n) is 4.70. The molecule has 3 amide bonds. The Hall–Kier alpha value is -3.97. The number of hydrogen-bond acceptors (Lipinski definition) is 4. The maximum absolute atomic E-state index is 13.8. The van der Waals surface area contributed by atoms with Crippen LogP contribution >= 0.6 is 0 Å². The molecular weight excluding hydrogens is 476 g/mol. The summed E-state index contributed by atoms with van der Waals surface area (Å²) in [6.07, 6.45) is 0. The van der Waals surface area contributed by atoms with Crippen LogP contribution in [-0.4, -0.2) is 23.8 Å². The van der Waals surface area contributed by atoms with Gasteiger partial charge in [-0.15, -0.1) is 0 Å². The summed E-state index contributed by atoms with van der Waals surface area (Å²) >= 11 is 0. The molecule has 0 saturated heterocycles. The lowest BCUT2D eigenvalue weighted by atomic mass is 9.86. The zero-order chi connectivity index (χ0) is 27.6. The van der Waals surface area contributed by atoms with Crippen LogP contribution in [0.2, 0.25) is 0 Å². The molecule has 4 N–H and O–H groups in total. The van der Waals surface area contributed by atoms with Crippen LogP contribution in [0.3, 0.4) is 0 Å². The summed E-state index contributed by atoms with van der Waals surface area (Å²) in [5.74, 6) is -0.921. The van der Waals surface area contributed by atoms with Crippen molar-refractivity contribution in [1.29, 1.82) is 0 Å². The van der Waals surface area contributed by atoms with E-state index in [9.17, 15) is 14.4 Å². The second-order valence-electron chi connectivity index (χ2n) is 11.1. The Morgan fingerprint density at radius 2 is 1.63 bits per heavy atom. The molecule has 7 nitrogen and oxygen atoms in total. The Balaban J connectivity index is 1.61. The highest BCUT2D eigenvalue weighted by Gasteiger charge is 2.39. The van der Waals surface area contributed by atoms with Gasteiger partial charge in [0.15, 0.2) is 0 Å². The van der Waals surface area contributed by atoms with E-state index in [1.807, 2.05) is 62.4 Å². The van der Waals surface area contributed by atoms with E-state index in [0.717, 1.165) is 16.7 Å². The van der Waals surface area contributed by atoms with E-state index in [4.69, 9.17) is 5.73 Å². The number of hydrogen-bond donors (Lipinski definition) is 3. The van der Waals surface area contributed by atoms with Gasteiger partial charge in [-0.3, -0.25) is 19.3 Å². The molecule has 0 aliphatic carbocycles. The van der Waals surface area contributed by atoms with Crippen molar-refractivity contribution in [3.8, 4) is 0 Å². The molecule has 0 saturated carbocycles. The summed E-state index contributed by atoms with van der Waals surface area (Å²) in [5.41, 5.74) is 10.6. The standard InChI is InChI=1S/C31H36N4O3/c1-19(2)27-29(37)34-25-16-23(28(36)33-18-21-8-6-7-20(15-21)17-32)11-14-26(25)35(27)30(38)22-9-12-24(13-10-22)31(3,4)5/h6-16,19,27H,17-18,32H2,1-5H3,(H,33,36)(H,34,37). The van der Waals surface area contributed by atoms with Gasteiger partial charge in [0.2, 0.25) is 5.91 Å². The Morgan fingerprint density at radius 3 is 2.26 bits per heavy atom. The van der Waals surface area contributed by atoms with Gasteiger partial charge in [-0.2, -0.15) is 0 Å². The first-order valence-electron chi connectivity index (χ1n) is 12.9. The molecule has 3 aromatic carbocycles. The minimum atomic E-state index is -0.674. The summed E-state index contributed by atoms with van der Waals surface area (Å²) in [6.45, 7) is 11.0. The van der Waals surface area contributed by atoms with E-state index >= 15 is 0 Å². The van der Waals surface area contributed by atoms with Gasteiger partial charge in [0.25, 0.3) is 11.8 Å². The zero-order valence-electron chi connectivity index (χ0n) is 22.7. The number of amides is 3. The SMILES string of the molecule is CC(C)C1C(=O)Nc2cc(C(=O)NCc3cccc(CN)c3)ccc2N1C(=O)c1ccc(C(C)(C)C)cc1. The van der Waals surface area contributed by atoms with Gasteiger partial charge in [-0.25, -0.2) is 0 Å². The summed E-state index contributed by atoms with van der Waals surface area (Å²) in [5, 5.41) is 5.83. The summed E-state index contributed by atoms with van der Waals surface area (Å²) in [4.78, 5) is 41.4. The van der Waals surface area contributed by atoms with Gasteiger partial charge in [-0.1, -0.05) is 71.0 Å². The number of carbonyl (C=O) groups is 3. The number of nitrogens with one attached hydrogen (secondary N) is 2. The van der Waals surface area contributed by atoms with E-state index in [-0.39, 0.29) is 29.1 Å². The van der Waals surface area contributed by atoms with Crippen molar-refractivity contribution in [2.75, 3.05) is 10.2 Å². The minimum absolute atomic E-state index is 0.0379. The van der Waals surface area contributed by atoms with Crippen molar-refractivity contribution in [1.82, 2.24) is 5.32 Å². The first-order valence-corrected chi connectivity index (χ1v) is 12.9. The fourth-order valence-corrected chi connectivity index (χ4v) is 4.70.